The molecular weight excluding hydrogens is 440 g/mol. The Morgan fingerprint density at radius 1 is 0.706 bits per heavy atom. The summed E-state index contributed by atoms with van der Waals surface area (Å²) >= 11 is 0. The number of amides is 2. The molecule has 0 aliphatic rings. The summed E-state index contributed by atoms with van der Waals surface area (Å²) in [4.78, 5) is 25.2. The van der Waals surface area contributed by atoms with Gasteiger partial charge >= 0.3 is 6.03 Å². The molecule has 8 nitrogen and oxygen atoms in total. The van der Waals surface area contributed by atoms with Gasteiger partial charge in [0.25, 0.3) is 0 Å². The van der Waals surface area contributed by atoms with Crippen molar-refractivity contribution in [2.75, 3.05) is 21.3 Å². The van der Waals surface area contributed by atoms with Gasteiger partial charge in [0, 0.05) is 35.4 Å². The summed E-state index contributed by atoms with van der Waals surface area (Å²) in [6.45, 7) is 3.77. The van der Waals surface area contributed by atoms with E-state index in [1.54, 1.807) is 43.5 Å². The lowest BCUT2D eigenvalue weighted by atomic mass is 10.2. The van der Waals surface area contributed by atoms with Gasteiger partial charge in [-0.15, -0.1) is 0 Å². The molecule has 2 aromatic carbocycles. The van der Waals surface area contributed by atoms with Crippen molar-refractivity contribution < 1.29 is 13.6 Å². The third-order valence-electron chi connectivity index (χ3n) is 4.60. The Hall–Kier alpha value is -4.60. The molecule has 10 heteroatoms. The largest absolute Gasteiger partial charge is 0.340 e. The highest BCUT2D eigenvalue weighted by Gasteiger charge is 2.08. The quantitative estimate of drug-likeness (QED) is 0.285. The minimum atomic E-state index is -1.04. The van der Waals surface area contributed by atoms with Crippen LogP contribution in [-0.4, -0.2) is 21.0 Å². The van der Waals surface area contributed by atoms with Gasteiger partial charge < -0.3 is 21.3 Å². The summed E-state index contributed by atoms with van der Waals surface area (Å²) in [7, 11) is 0. The number of rotatable bonds is 6. The van der Waals surface area contributed by atoms with Crippen molar-refractivity contribution >= 4 is 40.5 Å². The molecule has 0 fully saturated rings. The topological polar surface area (TPSA) is 104 Å². The molecule has 2 aromatic heterocycles. The molecule has 0 radical (unpaired) electrons. The van der Waals surface area contributed by atoms with Gasteiger partial charge in [0.15, 0.2) is 11.6 Å². The summed E-state index contributed by atoms with van der Waals surface area (Å²) < 4.78 is 26.3. The van der Waals surface area contributed by atoms with E-state index in [0.29, 0.717) is 29.0 Å². The number of halogens is 2. The first-order valence-electron chi connectivity index (χ1n) is 10.3. The standard InChI is InChI=1S/C24H21F2N7O/c1-14-9-10-27-21(11-14)33-23-13-22(28-15(2)29-23)30-16-3-5-17(6-4-16)31-24(34)32-18-7-8-19(25)20(26)12-18/h3-13H,1-2H3,(H2,31,32,34)(H2,27,28,29,30,33). The third kappa shape index (κ3) is 6.00. The van der Waals surface area contributed by atoms with Crippen molar-refractivity contribution in [3.63, 3.8) is 0 Å². The second-order valence-electron chi connectivity index (χ2n) is 7.44. The molecule has 34 heavy (non-hydrogen) atoms. The average Bonchev–Trinajstić information content (AvgIpc) is 2.77. The zero-order valence-corrected chi connectivity index (χ0v) is 18.4. The highest BCUT2D eigenvalue weighted by Crippen LogP contribution is 2.22. The number of urea groups is 1. The average molecular weight is 461 g/mol. The van der Waals surface area contributed by atoms with Gasteiger partial charge in [-0.25, -0.2) is 28.5 Å². The summed E-state index contributed by atoms with van der Waals surface area (Å²) in [5, 5.41) is 11.4. The van der Waals surface area contributed by atoms with E-state index < -0.39 is 17.7 Å². The van der Waals surface area contributed by atoms with Gasteiger partial charge in [-0.3, -0.25) is 0 Å². The van der Waals surface area contributed by atoms with Crippen LogP contribution in [0.25, 0.3) is 0 Å². The van der Waals surface area contributed by atoms with Crippen LogP contribution in [0.15, 0.2) is 66.9 Å². The first kappa shape index (κ1) is 22.6. The number of pyridine rings is 1. The molecule has 0 unspecified atom stereocenters. The van der Waals surface area contributed by atoms with Crippen LogP contribution in [0.5, 0.6) is 0 Å². The summed E-state index contributed by atoms with van der Waals surface area (Å²) in [5.41, 5.74) is 2.47. The molecule has 2 amide bonds. The number of hydrogen-bond donors (Lipinski definition) is 4. The number of nitrogens with zero attached hydrogens (tertiary/aromatic N) is 3. The fourth-order valence-electron chi connectivity index (χ4n) is 3.08. The predicted molar refractivity (Wildman–Crippen MR) is 128 cm³/mol. The van der Waals surface area contributed by atoms with E-state index in [9.17, 15) is 13.6 Å². The number of carbonyl (C=O) groups excluding carboxylic acids is 1. The van der Waals surface area contributed by atoms with E-state index in [2.05, 4.69) is 36.2 Å². The van der Waals surface area contributed by atoms with Crippen molar-refractivity contribution in [3.8, 4) is 0 Å². The molecule has 0 atom stereocenters. The fourth-order valence-corrected chi connectivity index (χ4v) is 3.08. The van der Waals surface area contributed by atoms with Crippen molar-refractivity contribution in [2.45, 2.75) is 13.8 Å². The smallest absolute Gasteiger partial charge is 0.323 e. The first-order chi connectivity index (χ1) is 16.3. The molecule has 0 aliphatic carbocycles. The Balaban J connectivity index is 1.38. The minimum absolute atomic E-state index is 0.138. The van der Waals surface area contributed by atoms with Crippen molar-refractivity contribution in [1.82, 2.24) is 15.0 Å². The zero-order valence-electron chi connectivity index (χ0n) is 18.4. The molecule has 4 rings (SSSR count). The molecule has 172 valence electrons. The summed E-state index contributed by atoms with van der Waals surface area (Å²) in [6.07, 6.45) is 1.72. The van der Waals surface area contributed by atoms with E-state index in [1.807, 2.05) is 19.1 Å². The molecule has 4 aromatic rings. The highest BCUT2D eigenvalue weighted by molar-refractivity contribution is 5.99. The number of nitrogens with one attached hydrogen (secondary N) is 4. The zero-order chi connectivity index (χ0) is 24.1. The van der Waals surface area contributed by atoms with Gasteiger partial charge in [0.1, 0.15) is 23.3 Å². The molecule has 0 spiro atoms. The lowest BCUT2D eigenvalue weighted by Crippen LogP contribution is -2.19. The molecule has 0 saturated heterocycles. The van der Waals surface area contributed by atoms with Crippen molar-refractivity contribution in [2.24, 2.45) is 0 Å². The second kappa shape index (κ2) is 9.90. The normalized spacial score (nSPS) is 10.5. The lowest BCUT2D eigenvalue weighted by molar-refractivity contribution is 0.262. The Bertz CT molecular complexity index is 1330. The Kier molecular flexibility index (Phi) is 6.58. The van der Waals surface area contributed by atoms with Gasteiger partial charge in [-0.1, -0.05) is 0 Å². The summed E-state index contributed by atoms with van der Waals surface area (Å²) in [5.74, 6) is 0.414. The van der Waals surface area contributed by atoms with Crippen molar-refractivity contribution in [1.29, 1.82) is 0 Å². The lowest BCUT2D eigenvalue weighted by Gasteiger charge is -2.11. The van der Waals surface area contributed by atoms with Crippen LogP contribution in [0.3, 0.4) is 0 Å². The Labute approximate surface area is 194 Å². The van der Waals surface area contributed by atoms with Gasteiger partial charge in [0.2, 0.25) is 0 Å². The number of aryl methyl sites for hydroxylation is 2. The van der Waals surface area contributed by atoms with E-state index in [0.717, 1.165) is 23.4 Å². The molecule has 0 bridgehead atoms. The molecule has 0 saturated carbocycles. The molecule has 4 N–H and O–H groups in total. The number of hydrogen-bond acceptors (Lipinski definition) is 6. The maximum atomic E-state index is 13.3. The number of aromatic nitrogens is 3. The van der Waals surface area contributed by atoms with Gasteiger partial charge in [0.05, 0.1) is 0 Å². The number of carbonyl (C=O) groups is 1. The van der Waals surface area contributed by atoms with Crippen molar-refractivity contribution in [3.05, 3.63) is 89.9 Å². The molecular formula is C24H21F2N7O. The van der Waals surface area contributed by atoms with Crippen LogP contribution >= 0.6 is 0 Å². The maximum Gasteiger partial charge on any atom is 0.323 e. The molecule has 2 heterocycles. The SMILES string of the molecule is Cc1ccnc(Nc2cc(Nc3ccc(NC(=O)Nc4ccc(F)c(F)c4)cc3)nc(C)n2)c1. The van der Waals surface area contributed by atoms with Crippen LogP contribution < -0.4 is 21.3 Å². The van der Waals surface area contributed by atoms with Crippen LogP contribution in [0.4, 0.5) is 48.1 Å². The van der Waals surface area contributed by atoms with Gasteiger partial charge in [-0.05, 0) is 67.9 Å². The van der Waals surface area contributed by atoms with Crippen LogP contribution in [-0.2, 0) is 0 Å². The first-order valence-corrected chi connectivity index (χ1v) is 10.3. The molecule has 0 aliphatic heterocycles. The minimum Gasteiger partial charge on any atom is -0.340 e. The second-order valence-corrected chi connectivity index (χ2v) is 7.44. The van der Waals surface area contributed by atoms with E-state index in [1.165, 1.54) is 6.07 Å². The van der Waals surface area contributed by atoms with Crippen LogP contribution in [0.1, 0.15) is 11.4 Å². The number of anilines is 6. The van der Waals surface area contributed by atoms with Crippen LogP contribution in [0, 0.1) is 25.5 Å². The monoisotopic (exact) mass is 461 g/mol. The van der Waals surface area contributed by atoms with Crippen LogP contribution in [0.2, 0.25) is 0 Å². The Morgan fingerprint density at radius 3 is 2.06 bits per heavy atom. The van der Waals surface area contributed by atoms with Gasteiger partial charge in [-0.2, -0.15) is 0 Å². The number of benzene rings is 2. The fraction of sp³-hybridized carbons (Fsp3) is 0.0833. The van der Waals surface area contributed by atoms with E-state index >= 15 is 0 Å². The Morgan fingerprint density at radius 2 is 1.35 bits per heavy atom. The maximum absolute atomic E-state index is 13.3. The predicted octanol–water partition coefficient (Wildman–Crippen LogP) is 5.90. The highest BCUT2D eigenvalue weighted by atomic mass is 19.2. The van der Waals surface area contributed by atoms with E-state index in [-0.39, 0.29) is 5.69 Å². The summed E-state index contributed by atoms with van der Waals surface area (Å²) in [6, 6.07) is 15.0. The third-order valence-corrected chi connectivity index (χ3v) is 4.60. The van der Waals surface area contributed by atoms with E-state index in [4.69, 9.17) is 0 Å².